The number of rotatable bonds is 5. The quantitative estimate of drug-likeness (QED) is 0.659. The van der Waals surface area contributed by atoms with Crippen LogP contribution in [0.1, 0.15) is 26.7 Å². The number of hydrogen-bond donors (Lipinski definition) is 3. The standard InChI is InChI=1S/C11H20N2O5S/c1-7(2)9(10(14)15)13-11(16)12-6-8-4-3-5-19(8,17)18/h7-9H,3-6H2,1-2H3,(H,14,15)(H2,12,13,16)/t8?,9-/m0/s1. The van der Waals surface area contributed by atoms with Crippen LogP contribution in [0.25, 0.3) is 0 Å². The molecule has 0 aromatic carbocycles. The molecule has 2 amide bonds. The number of urea groups is 1. The van der Waals surface area contributed by atoms with E-state index in [2.05, 4.69) is 10.6 Å². The Balaban J connectivity index is 2.46. The molecule has 0 bridgehead atoms. The summed E-state index contributed by atoms with van der Waals surface area (Å²) in [7, 11) is -3.10. The first-order valence-corrected chi connectivity index (χ1v) is 7.94. The first kappa shape index (κ1) is 15.7. The number of amides is 2. The van der Waals surface area contributed by atoms with E-state index in [0.29, 0.717) is 12.8 Å². The van der Waals surface area contributed by atoms with Crippen LogP contribution in [0.15, 0.2) is 0 Å². The van der Waals surface area contributed by atoms with Gasteiger partial charge in [-0.1, -0.05) is 13.8 Å². The molecule has 1 unspecified atom stereocenters. The van der Waals surface area contributed by atoms with E-state index in [0.717, 1.165) is 0 Å². The molecule has 1 rings (SSSR count). The van der Waals surface area contributed by atoms with Gasteiger partial charge in [0, 0.05) is 6.54 Å². The average Bonchev–Trinajstić information content (AvgIpc) is 2.61. The Kier molecular flexibility index (Phi) is 5.16. The predicted molar refractivity (Wildman–Crippen MR) is 69.6 cm³/mol. The van der Waals surface area contributed by atoms with Gasteiger partial charge in [-0.2, -0.15) is 0 Å². The van der Waals surface area contributed by atoms with E-state index in [9.17, 15) is 18.0 Å². The normalized spacial score (nSPS) is 23.0. The Morgan fingerprint density at radius 3 is 2.42 bits per heavy atom. The van der Waals surface area contributed by atoms with Crippen molar-refractivity contribution in [1.29, 1.82) is 0 Å². The van der Waals surface area contributed by atoms with E-state index in [1.54, 1.807) is 13.8 Å². The van der Waals surface area contributed by atoms with Crippen LogP contribution in [-0.4, -0.2) is 49.1 Å². The zero-order valence-corrected chi connectivity index (χ0v) is 11.9. The number of carboxylic acid groups (broad SMARTS) is 1. The highest BCUT2D eigenvalue weighted by Crippen LogP contribution is 2.18. The molecule has 0 saturated carbocycles. The molecule has 0 aromatic rings. The maximum absolute atomic E-state index is 11.5. The van der Waals surface area contributed by atoms with Crippen LogP contribution >= 0.6 is 0 Å². The smallest absolute Gasteiger partial charge is 0.326 e. The molecule has 3 N–H and O–H groups in total. The summed E-state index contributed by atoms with van der Waals surface area (Å²) in [6.07, 6.45) is 1.15. The molecule has 0 aromatic heterocycles. The van der Waals surface area contributed by atoms with Crippen molar-refractivity contribution in [3.63, 3.8) is 0 Å². The minimum atomic E-state index is -3.10. The van der Waals surface area contributed by atoms with Crippen molar-refractivity contribution in [1.82, 2.24) is 10.6 Å². The van der Waals surface area contributed by atoms with Crippen molar-refractivity contribution < 1.29 is 23.1 Å². The largest absolute Gasteiger partial charge is 0.480 e. The van der Waals surface area contributed by atoms with Gasteiger partial charge in [-0.3, -0.25) is 0 Å². The Bertz CT molecular complexity index is 446. The zero-order chi connectivity index (χ0) is 14.6. The number of carbonyl (C=O) groups excluding carboxylic acids is 1. The Morgan fingerprint density at radius 1 is 1.37 bits per heavy atom. The molecule has 1 fully saturated rings. The van der Waals surface area contributed by atoms with Crippen molar-refractivity contribution in [2.45, 2.75) is 38.0 Å². The van der Waals surface area contributed by atoms with Gasteiger partial charge in [-0.15, -0.1) is 0 Å². The van der Waals surface area contributed by atoms with E-state index in [1.807, 2.05) is 0 Å². The monoisotopic (exact) mass is 292 g/mol. The molecule has 0 aliphatic carbocycles. The van der Waals surface area contributed by atoms with Crippen LogP contribution in [0.5, 0.6) is 0 Å². The fourth-order valence-electron chi connectivity index (χ4n) is 2.00. The lowest BCUT2D eigenvalue weighted by Crippen LogP contribution is -2.50. The van der Waals surface area contributed by atoms with Crippen LogP contribution in [-0.2, 0) is 14.6 Å². The van der Waals surface area contributed by atoms with Gasteiger partial charge in [-0.05, 0) is 18.8 Å². The minimum absolute atomic E-state index is 0.0264. The van der Waals surface area contributed by atoms with Crippen LogP contribution in [0.3, 0.4) is 0 Å². The van der Waals surface area contributed by atoms with Gasteiger partial charge in [0.2, 0.25) is 0 Å². The van der Waals surface area contributed by atoms with Crippen molar-refractivity contribution in [2.75, 3.05) is 12.3 Å². The van der Waals surface area contributed by atoms with Gasteiger partial charge in [0.25, 0.3) is 0 Å². The Hall–Kier alpha value is -1.31. The first-order valence-electron chi connectivity index (χ1n) is 6.22. The van der Waals surface area contributed by atoms with Crippen molar-refractivity contribution >= 4 is 21.8 Å². The van der Waals surface area contributed by atoms with E-state index in [4.69, 9.17) is 5.11 Å². The number of nitrogens with one attached hydrogen (secondary N) is 2. The molecule has 1 aliphatic rings. The zero-order valence-electron chi connectivity index (χ0n) is 11.0. The molecule has 2 atom stereocenters. The van der Waals surface area contributed by atoms with Gasteiger partial charge >= 0.3 is 12.0 Å². The summed E-state index contributed by atoms with van der Waals surface area (Å²) in [4.78, 5) is 22.5. The Morgan fingerprint density at radius 2 is 2.00 bits per heavy atom. The number of hydrogen-bond acceptors (Lipinski definition) is 4. The summed E-state index contributed by atoms with van der Waals surface area (Å²) in [6, 6.07) is -1.64. The second kappa shape index (κ2) is 6.23. The summed E-state index contributed by atoms with van der Waals surface area (Å²) < 4.78 is 23.1. The Labute approximate surface area is 112 Å². The maximum Gasteiger partial charge on any atom is 0.326 e. The highest BCUT2D eigenvalue weighted by molar-refractivity contribution is 7.92. The molecule has 7 nitrogen and oxygen atoms in total. The van der Waals surface area contributed by atoms with Crippen LogP contribution in [0.2, 0.25) is 0 Å². The lowest BCUT2D eigenvalue weighted by Gasteiger charge is -2.19. The fourth-order valence-corrected chi connectivity index (χ4v) is 3.77. The van der Waals surface area contributed by atoms with Crippen LogP contribution < -0.4 is 10.6 Å². The minimum Gasteiger partial charge on any atom is -0.480 e. The second-order valence-electron chi connectivity index (χ2n) is 5.05. The number of sulfone groups is 1. The van der Waals surface area contributed by atoms with Gasteiger partial charge in [-0.25, -0.2) is 18.0 Å². The molecule has 19 heavy (non-hydrogen) atoms. The van der Waals surface area contributed by atoms with Gasteiger partial charge in [0.15, 0.2) is 9.84 Å². The lowest BCUT2D eigenvalue weighted by molar-refractivity contribution is -0.140. The third-order valence-corrected chi connectivity index (χ3v) is 5.45. The number of carbonyl (C=O) groups is 2. The second-order valence-corrected chi connectivity index (χ2v) is 7.45. The van der Waals surface area contributed by atoms with Gasteiger partial charge in [0.05, 0.1) is 11.0 Å². The summed E-state index contributed by atoms with van der Waals surface area (Å²) in [5.41, 5.74) is 0. The van der Waals surface area contributed by atoms with E-state index < -0.39 is 33.1 Å². The number of aliphatic carboxylic acids is 1. The van der Waals surface area contributed by atoms with Crippen molar-refractivity contribution in [3.05, 3.63) is 0 Å². The molecule has 110 valence electrons. The van der Waals surface area contributed by atoms with E-state index in [1.165, 1.54) is 0 Å². The SMILES string of the molecule is CC(C)[C@H](NC(=O)NCC1CCCS1(=O)=O)C(=O)O. The summed E-state index contributed by atoms with van der Waals surface area (Å²) in [6.45, 7) is 3.39. The third kappa shape index (κ3) is 4.38. The molecular formula is C11H20N2O5S. The molecule has 1 aliphatic heterocycles. The predicted octanol–water partition coefficient (Wildman–Crippen LogP) is -0.0280. The van der Waals surface area contributed by atoms with E-state index in [-0.39, 0.29) is 18.2 Å². The maximum atomic E-state index is 11.5. The molecule has 8 heteroatoms. The molecule has 0 radical (unpaired) electrons. The summed E-state index contributed by atoms with van der Waals surface area (Å²) in [5.74, 6) is -1.21. The molecule has 1 heterocycles. The van der Waals surface area contributed by atoms with Crippen molar-refractivity contribution in [2.24, 2.45) is 5.92 Å². The first-order chi connectivity index (χ1) is 8.74. The third-order valence-electron chi connectivity index (χ3n) is 3.17. The average molecular weight is 292 g/mol. The molecule has 0 spiro atoms. The van der Waals surface area contributed by atoms with Crippen LogP contribution in [0.4, 0.5) is 4.79 Å². The van der Waals surface area contributed by atoms with Gasteiger partial charge < -0.3 is 15.7 Å². The lowest BCUT2D eigenvalue weighted by atomic mass is 10.1. The highest BCUT2D eigenvalue weighted by Gasteiger charge is 2.31. The molecule has 1 saturated heterocycles. The summed E-state index contributed by atoms with van der Waals surface area (Å²) in [5, 5.41) is 13.1. The topological polar surface area (TPSA) is 113 Å². The number of carboxylic acids is 1. The fraction of sp³-hybridized carbons (Fsp3) is 0.818. The van der Waals surface area contributed by atoms with Gasteiger partial charge in [0.1, 0.15) is 6.04 Å². The van der Waals surface area contributed by atoms with Crippen molar-refractivity contribution in [3.8, 4) is 0 Å². The van der Waals surface area contributed by atoms with Crippen LogP contribution in [0, 0.1) is 5.92 Å². The van der Waals surface area contributed by atoms with E-state index >= 15 is 0 Å². The summed E-state index contributed by atoms with van der Waals surface area (Å²) >= 11 is 0. The molecular weight excluding hydrogens is 272 g/mol. The highest BCUT2D eigenvalue weighted by atomic mass is 32.2.